The summed E-state index contributed by atoms with van der Waals surface area (Å²) in [6.45, 7) is 6.20. The lowest BCUT2D eigenvalue weighted by Gasteiger charge is -2.18. The van der Waals surface area contributed by atoms with Gasteiger partial charge in [-0.3, -0.25) is 4.79 Å². The lowest BCUT2D eigenvalue weighted by Crippen LogP contribution is -2.20. The summed E-state index contributed by atoms with van der Waals surface area (Å²) < 4.78 is 5.07. The predicted octanol–water partition coefficient (Wildman–Crippen LogP) is 2.65. The average molecular weight is 262 g/mol. The quantitative estimate of drug-likeness (QED) is 0.828. The van der Waals surface area contributed by atoms with E-state index in [9.17, 15) is 4.79 Å². The number of hydrogen-bond acceptors (Lipinski definition) is 4. The zero-order valence-corrected chi connectivity index (χ0v) is 11.7. The number of ether oxygens (including phenoxy) is 1. The van der Waals surface area contributed by atoms with Crippen LogP contribution in [0.15, 0.2) is 24.3 Å². The molecule has 0 aromatic heterocycles. The minimum absolute atomic E-state index is 0.0631. The molecule has 1 N–H and O–H groups in total. The highest BCUT2D eigenvalue weighted by atomic mass is 16.5. The maximum atomic E-state index is 11.4. The molecule has 0 atom stereocenters. The number of esters is 1. The van der Waals surface area contributed by atoms with Gasteiger partial charge in [-0.1, -0.05) is 0 Å². The van der Waals surface area contributed by atoms with Crippen LogP contribution in [0.1, 0.15) is 26.7 Å². The molecule has 0 aliphatic carbocycles. The Morgan fingerprint density at radius 1 is 1.26 bits per heavy atom. The topological polar surface area (TPSA) is 41.6 Å². The van der Waals surface area contributed by atoms with Crippen LogP contribution in [0.2, 0.25) is 0 Å². The minimum Gasteiger partial charge on any atom is -0.462 e. The highest BCUT2D eigenvalue weighted by Gasteiger charge is 2.11. The first-order valence-electron chi connectivity index (χ1n) is 6.93. The molecule has 104 valence electrons. The van der Waals surface area contributed by atoms with Gasteiger partial charge < -0.3 is 15.0 Å². The van der Waals surface area contributed by atoms with E-state index in [1.807, 2.05) is 26.0 Å². The van der Waals surface area contributed by atoms with Gasteiger partial charge in [-0.15, -0.1) is 0 Å². The Morgan fingerprint density at radius 2 is 1.89 bits per heavy atom. The summed E-state index contributed by atoms with van der Waals surface area (Å²) in [5, 5.41) is 3.07. The number of hydrogen-bond donors (Lipinski definition) is 1. The van der Waals surface area contributed by atoms with Crippen molar-refractivity contribution in [1.82, 2.24) is 0 Å². The van der Waals surface area contributed by atoms with Gasteiger partial charge in [-0.25, -0.2) is 0 Å². The van der Waals surface area contributed by atoms with Gasteiger partial charge in [-0.2, -0.15) is 0 Å². The van der Waals surface area contributed by atoms with Crippen LogP contribution in [-0.4, -0.2) is 31.7 Å². The average Bonchev–Trinajstić information content (AvgIpc) is 2.90. The molecule has 1 aliphatic rings. The number of rotatable bonds is 5. The van der Waals surface area contributed by atoms with E-state index in [1.54, 1.807) is 0 Å². The van der Waals surface area contributed by atoms with Crippen LogP contribution in [-0.2, 0) is 9.53 Å². The second-order valence-electron chi connectivity index (χ2n) is 5.13. The van der Waals surface area contributed by atoms with Crippen molar-refractivity contribution in [3.63, 3.8) is 0 Å². The number of nitrogens with one attached hydrogen (secondary N) is 1. The third kappa shape index (κ3) is 4.16. The molecule has 1 saturated heterocycles. The van der Waals surface area contributed by atoms with Crippen molar-refractivity contribution < 1.29 is 9.53 Å². The molecule has 1 aromatic rings. The number of carbonyl (C=O) groups is 1. The molecule has 0 spiro atoms. The summed E-state index contributed by atoms with van der Waals surface area (Å²) >= 11 is 0. The van der Waals surface area contributed by atoms with Crippen LogP contribution < -0.4 is 10.2 Å². The van der Waals surface area contributed by atoms with E-state index in [1.165, 1.54) is 18.5 Å². The van der Waals surface area contributed by atoms with Crippen LogP contribution in [0.25, 0.3) is 0 Å². The Balaban J connectivity index is 1.83. The van der Waals surface area contributed by atoms with Gasteiger partial charge in [0.15, 0.2) is 0 Å². The second-order valence-corrected chi connectivity index (χ2v) is 5.13. The van der Waals surface area contributed by atoms with Crippen LogP contribution in [0.3, 0.4) is 0 Å². The molecule has 1 aromatic carbocycles. The van der Waals surface area contributed by atoms with Crippen molar-refractivity contribution in [2.45, 2.75) is 32.8 Å². The summed E-state index contributed by atoms with van der Waals surface area (Å²) in [6.07, 6.45) is 2.49. The Morgan fingerprint density at radius 3 is 2.47 bits per heavy atom. The fourth-order valence-corrected chi connectivity index (χ4v) is 2.24. The summed E-state index contributed by atoms with van der Waals surface area (Å²) in [6, 6.07) is 8.22. The number of carbonyl (C=O) groups excluding carboxylic acids is 1. The molecule has 0 unspecified atom stereocenters. The number of nitrogens with zero attached hydrogens (tertiary/aromatic N) is 1. The molecular weight excluding hydrogens is 240 g/mol. The summed E-state index contributed by atoms with van der Waals surface area (Å²) in [4.78, 5) is 13.8. The first-order valence-corrected chi connectivity index (χ1v) is 6.93. The van der Waals surface area contributed by atoms with Gasteiger partial charge in [-0.05, 0) is 51.0 Å². The molecule has 1 aliphatic heterocycles. The van der Waals surface area contributed by atoms with E-state index in [4.69, 9.17) is 4.74 Å². The monoisotopic (exact) mass is 262 g/mol. The maximum absolute atomic E-state index is 11.4. The zero-order chi connectivity index (χ0) is 13.7. The summed E-state index contributed by atoms with van der Waals surface area (Å²) in [5.74, 6) is -0.224. The molecular formula is C15H22N2O2. The van der Waals surface area contributed by atoms with Crippen LogP contribution >= 0.6 is 0 Å². The van der Waals surface area contributed by atoms with Crippen molar-refractivity contribution in [3.8, 4) is 0 Å². The molecule has 4 nitrogen and oxygen atoms in total. The third-order valence-electron chi connectivity index (χ3n) is 3.14. The fraction of sp³-hybridized carbons (Fsp3) is 0.533. The van der Waals surface area contributed by atoms with Crippen LogP contribution in [0, 0.1) is 0 Å². The van der Waals surface area contributed by atoms with Gasteiger partial charge in [0.1, 0.15) is 6.54 Å². The molecule has 4 heteroatoms. The maximum Gasteiger partial charge on any atom is 0.325 e. The van der Waals surface area contributed by atoms with Gasteiger partial charge >= 0.3 is 5.97 Å². The molecule has 0 amide bonds. The van der Waals surface area contributed by atoms with Crippen molar-refractivity contribution in [1.29, 1.82) is 0 Å². The Bertz CT molecular complexity index is 409. The summed E-state index contributed by atoms with van der Waals surface area (Å²) in [5.41, 5.74) is 2.21. The van der Waals surface area contributed by atoms with Gasteiger partial charge in [0.2, 0.25) is 0 Å². The second kappa shape index (κ2) is 6.45. The lowest BCUT2D eigenvalue weighted by molar-refractivity contribution is -0.145. The predicted molar refractivity (Wildman–Crippen MR) is 77.6 cm³/mol. The number of anilines is 2. The zero-order valence-electron chi connectivity index (χ0n) is 11.7. The first-order chi connectivity index (χ1) is 9.15. The van der Waals surface area contributed by atoms with Crippen LogP contribution in [0.5, 0.6) is 0 Å². The van der Waals surface area contributed by atoms with E-state index in [-0.39, 0.29) is 18.6 Å². The van der Waals surface area contributed by atoms with E-state index in [0.717, 1.165) is 18.8 Å². The first kappa shape index (κ1) is 13.7. The van der Waals surface area contributed by atoms with Gasteiger partial charge in [0.05, 0.1) is 6.10 Å². The highest BCUT2D eigenvalue weighted by Crippen LogP contribution is 2.21. The molecule has 2 rings (SSSR count). The lowest BCUT2D eigenvalue weighted by atomic mass is 10.2. The molecule has 1 fully saturated rings. The fourth-order valence-electron chi connectivity index (χ4n) is 2.24. The third-order valence-corrected chi connectivity index (χ3v) is 3.14. The Kier molecular flexibility index (Phi) is 4.66. The van der Waals surface area contributed by atoms with E-state index in [2.05, 4.69) is 22.3 Å². The van der Waals surface area contributed by atoms with Gasteiger partial charge in [0, 0.05) is 24.5 Å². The van der Waals surface area contributed by atoms with Gasteiger partial charge in [0.25, 0.3) is 0 Å². The largest absolute Gasteiger partial charge is 0.462 e. The highest BCUT2D eigenvalue weighted by molar-refractivity contribution is 5.75. The summed E-state index contributed by atoms with van der Waals surface area (Å²) in [7, 11) is 0. The van der Waals surface area contributed by atoms with Crippen molar-refractivity contribution in [2.24, 2.45) is 0 Å². The molecule has 0 radical (unpaired) electrons. The molecule has 19 heavy (non-hydrogen) atoms. The molecule has 0 saturated carbocycles. The van der Waals surface area contributed by atoms with Crippen molar-refractivity contribution >= 4 is 17.3 Å². The smallest absolute Gasteiger partial charge is 0.325 e. The van der Waals surface area contributed by atoms with E-state index >= 15 is 0 Å². The molecule has 1 heterocycles. The number of benzene rings is 1. The van der Waals surface area contributed by atoms with Crippen molar-refractivity contribution in [2.75, 3.05) is 29.9 Å². The molecule has 0 bridgehead atoms. The standard InChI is InChI=1S/C15H22N2O2/c1-12(2)19-15(18)11-16-13-5-7-14(8-6-13)17-9-3-4-10-17/h5-8,12,16H,3-4,9-11H2,1-2H3. The van der Waals surface area contributed by atoms with Crippen molar-refractivity contribution in [3.05, 3.63) is 24.3 Å². The van der Waals surface area contributed by atoms with E-state index < -0.39 is 0 Å². The normalized spacial score (nSPS) is 14.8. The SMILES string of the molecule is CC(C)OC(=O)CNc1ccc(N2CCCC2)cc1. The van der Waals surface area contributed by atoms with E-state index in [0.29, 0.717) is 0 Å². The van der Waals surface area contributed by atoms with Crippen LogP contribution in [0.4, 0.5) is 11.4 Å². The Labute approximate surface area is 114 Å². The minimum atomic E-state index is -0.224. The Hall–Kier alpha value is -1.71.